The molecule has 1 aromatic heterocycles. The summed E-state index contributed by atoms with van der Waals surface area (Å²) in [5.41, 5.74) is 2.13. The maximum Gasteiger partial charge on any atom is 0.123 e. The van der Waals surface area contributed by atoms with Crippen LogP contribution >= 0.6 is 0 Å². The Hall–Kier alpha value is -1.68. The first kappa shape index (κ1) is 13.7. The fourth-order valence-corrected chi connectivity index (χ4v) is 2.16. The number of imidazole rings is 1. The van der Waals surface area contributed by atoms with Gasteiger partial charge in [-0.1, -0.05) is 13.0 Å². The van der Waals surface area contributed by atoms with E-state index in [9.17, 15) is 4.39 Å². The van der Waals surface area contributed by atoms with Crippen LogP contribution in [0.3, 0.4) is 0 Å². The van der Waals surface area contributed by atoms with Crippen LogP contribution in [0.5, 0.6) is 0 Å². The van der Waals surface area contributed by atoms with Crippen LogP contribution in [-0.2, 0) is 19.5 Å². The summed E-state index contributed by atoms with van der Waals surface area (Å²) < 4.78 is 15.5. The van der Waals surface area contributed by atoms with E-state index in [1.54, 1.807) is 12.3 Å². The van der Waals surface area contributed by atoms with E-state index in [-0.39, 0.29) is 5.82 Å². The Kier molecular flexibility index (Phi) is 4.68. The van der Waals surface area contributed by atoms with E-state index in [0.717, 1.165) is 36.6 Å². The third kappa shape index (κ3) is 3.41. The standard InChI is InChI=1S/C15H20FN3/c1-3-17-11-12-5-6-14(16)9-13(12)10-15-18-7-8-19(15)4-2/h5-9,17H,3-4,10-11H2,1-2H3. The van der Waals surface area contributed by atoms with Gasteiger partial charge in [0.2, 0.25) is 0 Å². The third-order valence-electron chi connectivity index (χ3n) is 3.22. The van der Waals surface area contributed by atoms with Crippen LogP contribution in [0.4, 0.5) is 4.39 Å². The molecule has 1 aromatic carbocycles. The Morgan fingerprint density at radius 1 is 1.26 bits per heavy atom. The molecular formula is C15H20FN3. The normalized spacial score (nSPS) is 10.9. The predicted octanol–water partition coefficient (Wildman–Crippen LogP) is 2.74. The zero-order valence-corrected chi connectivity index (χ0v) is 11.5. The molecule has 0 saturated carbocycles. The van der Waals surface area contributed by atoms with Crippen LogP contribution in [0.25, 0.3) is 0 Å². The molecule has 1 N–H and O–H groups in total. The summed E-state index contributed by atoms with van der Waals surface area (Å²) in [5, 5.41) is 3.28. The highest BCUT2D eigenvalue weighted by Crippen LogP contribution is 2.15. The minimum Gasteiger partial charge on any atom is -0.335 e. The van der Waals surface area contributed by atoms with E-state index >= 15 is 0 Å². The second kappa shape index (κ2) is 6.48. The number of nitrogens with one attached hydrogen (secondary N) is 1. The molecule has 0 saturated heterocycles. The Balaban J connectivity index is 2.24. The monoisotopic (exact) mass is 261 g/mol. The lowest BCUT2D eigenvalue weighted by Gasteiger charge is -2.11. The lowest BCUT2D eigenvalue weighted by atomic mass is 10.0. The van der Waals surface area contributed by atoms with Crippen molar-refractivity contribution in [1.29, 1.82) is 0 Å². The van der Waals surface area contributed by atoms with Gasteiger partial charge in [-0.3, -0.25) is 0 Å². The van der Waals surface area contributed by atoms with Gasteiger partial charge in [-0.15, -0.1) is 0 Å². The quantitative estimate of drug-likeness (QED) is 0.866. The van der Waals surface area contributed by atoms with Gasteiger partial charge in [-0.25, -0.2) is 9.37 Å². The molecule has 0 bridgehead atoms. The molecule has 0 amide bonds. The van der Waals surface area contributed by atoms with Gasteiger partial charge in [0.15, 0.2) is 0 Å². The highest BCUT2D eigenvalue weighted by atomic mass is 19.1. The van der Waals surface area contributed by atoms with E-state index in [4.69, 9.17) is 0 Å². The summed E-state index contributed by atoms with van der Waals surface area (Å²) >= 11 is 0. The molecule has 2 rings (SSSR count). The van der Waals surface area contributed by atoms with Gasteiger partial charge in [-0.05, 0) is 36.7 Å². The lowest BCUT2D eigenvalue weighted by molar-refractivity contribution is 0.621. The van der Waals surface area contributed by atoms with Crippen molar-refractivity contribution in [2.45, 2.75) is 33.4 Å². The first-order valence-electron chi connectivity index (χ1n) is 6.72. The molecule has 1 heterocycles. The first-order valence-corrected chi connectivity index (χ1v) is 6.72. The molecule has 0 atom stereocenters. The van der Waals surface area contributed by atoms with Gasteiger partial charge in [0, 0.05) is 31.9 Å². The Bertz CT molecular complexity index is 534. The van der Waals surface area contributed by atoms with Gasteiger partial charge in [0.05, 0.1) is 0 Å². The number of hydrogen-bond donors (Lipinski definition) is 1. The Labute approximate surface area is 113 Å². The van der Waals surface area contributed by atoms with Gasteiger partial charge < -0.3 is 9.88 Å². The van der Waals surface area contributed by atoms with Crippen LogP contribution < -0.4 is 5.32 Å². The number of benzene rings is 1. The van der Waals surface area contributed by atoms with Gasteiger partial charge in [-0.2, -0.15) is 0 Å². The topological polar surface area (TPSA) is 29.9 Å². The highest BCUT2D eigenvalue weighted by Gasteiger charge is 2.08. The summed E-state index contributed by atoms with van der Waals surface area (Å²) in [4.78, 5) is 4.35. The number of nitrogens with zero attached hydrogens (tertiary/aromatic N) is 2. The van der Waals surface area contributed by atoms with Gasteiger partial charge >= 0.3 is 0 Å². The van der Waals surface area contributed by atoms with Crippen LogP contribution in [0.1, 0.15) is 30.8 Å². The minimum absolute atomic E-state index is 0.190. The third-order valence-corrected chi connectivity index (χ3v) is 3.22. The SMILES string of the molecule is CCNCc1ccc(F)cc1Cc1nccn1CC. The van der Waals surface area contributed by atoms with Crippen molar-refractivity contribution in [1.82, 2.24) is 14.9 Å². The van der Waals surface area contributed by atoms with E-state index in [1.165, 1.54) is 6.07 Å². The predicted molar refractivity (Wildman–Crippen MR) is 74.5 cm³/mol. The van der Waals surface area contributed by atoms with E-state index in [2.05, 4.69) is 28.7 Å². The first-order chi connectivity index (χ1) is 9.24. The maximum atomic E-state index is 13.4. The molecular weight excluding hydrogens is 241 g/mol. The van der Waals surface area contributed by atoms with Crippen molar-refractivity contribution in [3.05, 3.63) is 53.4 Å². The summed E-state index contributed by atoms with van der Waals surface area (Å²) in [6.07, 6.45) is 4.42. The summed E-state index contributed by atoms with van der Waals surface area (Å²) in [6.45, 7) is 6.69. The lowest BCUT2D eigenvalue weighted by Crippen LogP contribution is -2.14. The Morgan fingerprint density at radius 3 is 2.84 bits per heavy atom. The van der Waals surface area contributed by atoms with Gasteiger partial charge in [0.25, 0.3) is 0 Å². The van der Waals surface area contributed by atoms with Gasteiger partial charge in [0.1, 0.15) is 11.6 Å². The molecule has 19 heavy (non-hydrogen) atoms. The molecule has 3 nitrogen and oxygen atoms in total. The average Bonchev–Trinajstić information content (AvgIpc) is 2.85. The van der Waals surface area contributed by atoms with Crippen molar-refractivity contribution in [3.8, 4) is 0 Å². The summed E-state index contributed by atoms with van der Waals surface area (Å²) in [5.74, 6) is 0.788. The molecule has 4 heteroatoms. The number of rotatable bonds is 6. The highest BCUT2D eigenvalue weighted by molar-refractivity contribution is 5.30. The zero-order chi connectivity index (χ0) is 13.7. The molecule has 0 spiro atoms. The molecule has 0 aliphatic carbocycles. The van der Waals surface area contributed by atoms with Crippen molar-refractivity contribution in [3.63, 3.8) is 0 Å². The number of aryl methyl sites for hydroxylation is 1. The smallest absolute Gasteiger partial charge is 0.123 e. The fraction of sp³-hybridized carbons (Fsp3) is 0.400. The zero-order valence-electron chi connectivity index (χ0n) is 11.5. The van der Waals surface area contributed by atoms with Crippen molar-refractivity contribution in [2.75, 3.05) is 6.54 Å². The number of aromatic nitrogens is 2. The van der Waals surface area contributed by atoms with E-state index in [1.807, 2.05) is 12.3 Å². The van der Waals surface area contributed by atoms with Crippen molar-refractivity contribution >= 4 is 0 Å². The maximum absolute atomic E-state index is 13.4. The largest absolute Gasteiger partial charge is 0.335 e. The van der Waals surface area contributed by atoms with Crippen LogP contribution in [-0.4, -0.2) is 16.1 Å². The van der Waals surface area contributed by atoms with E-state index in [0.29, 0.717) is 6.42 Å². The fourth-order valence-electron chi connectivity index (χ4n) is 2.16. The summed E-state index contributed by atoms with van der Waals surface area (Å²) in [6, 6.07) is 4.98. The average molecular weight is 261 g/mol. The van der Waals surface area contributed by atoms with Crippen LogP contribution in [0.2, 0.25) is 0 Å². The van der Waals surface area contributed by atoms with E-state index < -0.39 is 0 Å². The molecule has 2 aromatic rings. The van der Waals surface area contributed by atoms with Crippen LogP contribution in [0.15, 0.2) is 30.6 Å². The second-order valence-corrected chi connectivity index (χ2v) is 4.50. The summed E-state index contributed by atoms with van der Waals surface area (Å²) in [7, 11) is 0. The second-order valence-electron chi connectivity index (χ2n) is 4.50. The molecule has 0 aliphatic heterocycles. The van der Waals surface area contributed by atoms with Crippen LogP contribution in [0, 0.1) is 5.82 Å². The molecule has 102 valence electrons. The number of halogens is 1. The molecule has 0 aliphatic rings. The number of hydrogen-bond acceptors (Lipinski definition) is 2. The molecule has 0 fully saturated rings. The minimum atomic E-state index is -0.190. The Morgan fingerprint density at radius 2 is 2.11 bits per heavy atom. The molecule has 0 unspecified atom stereocenters. The van der Waals surface area contributed by atoms with Crippen molar-refractivity contribution in [2.24, 2.45) is 0 Å². The molecule has 0 radical (unpaired) electrons. The van der Waals surface area contributed by atoms with Crippen molar-refractivity contribution < 1.29 is 4.39 Å².